The first kappa shape index (κ1) is 25.6. The molecule has 0 spiro atoms. The smallest absolute Gasteiger partial charge is 0.307 e. The first-order valence-electron chi connectivity index (χ1n) is 11.2. The van der Waals surface area contributed by atoms with Gasteiger partial charge < -0.3 is 14.8 Å². The maximum Gasteiger partial charge on any atom is 0.307 e. The number of nitrogens with zero attached hydrogens (tertiary/aromatic N) is 1. The van der Waals surface area contributed by atoms with Crippen LogP contribution in [0.5, 0.6) is 5.75 Å². The van der Waals surface area contributed by atoms with E-state index in [0.29, 0.717) is 17.9 Å². The largest absolute Gasteiger partial charge is 0.491 e. The van der Waals surface area contributed by atoms with E-state index >= 15 is 0 Å². The van der Waals surface area contributed by atoms with Crippen molar-refractivity contribution < 1.29 is 28.2 Å². The molecule has 0 radical (unpaired) electrons. The van der Waals surface area contributed by atoms with E-state index in [0.717, 1.165) is 11.1 Å². The Morgan fingerprint density at radius 1 is 1.18 bits per heavy atom. The Morgan fingerprint density at radius 3 is 2.56 bits per heavy atom. The summed E-state index contributed by atoms with van der Waals surface area (Å²) < 4.78 is 24.8. The number of amides is 2. The molecule has 2 aromatic carbocycles. The SMILES string of the molecule is CCOC(=O)CC(NCc1ccc(OCCN2C(=O)CCC2=O)c(C)c1)c1ccc(Cl)c(F)c1. The molecular weight excluding hydrogens is 463 g/mol. The van der Waals surface area contributed by atoms with E-state index in [2.05, 4.69) is 5.32 Å². The fourth-order valence-corrected chi connectivity index (χ4v) is 3.88. The summed E-state index contributed by atoms with van der Waals surface area (Å²) in [5.74, 6) is -0.602. The minimum absolute atomic E-state index is 0.0170. The van der Waals surface area contributed by atoms with Crippen LogP contribution in [0.3, 0.4) is 0 Å². The molecular formula is C25H28ClFN2O5. The summed E-state index contributed by atoms with van der Waals surface area (Å²) >= 11 is 5.80. The summed E-state index contributed by atoms with van der Waals surface area (Å²) in [6.07, 6.45) is 0.571. The van der Waals surface area contributed by atoms with Gasteiger partial charge in [0, 0.05) is 25.4 Å². The highest BCUT2D eigenvalue weighted by molar-refractivity contribution is 6.30. The summed E-state index contributed by atoms with van der Waals surface area (Å²) in [5, 5.41) is 3.31. The Kier molecular flexibility index (Phi) is 9.01. The molecule has 1 fully saturated rings. The number of carbonyl (C=O) groups excluding carboxylic acids is 3. The van der Waals surface area contributed by atoms with Crippen LogP contribution in [0.4, 0.5) is 4.39 Å². The van der Waals surface area contributed by atoms with E-state index in [9.17, 15) is 18.8 Å². The van der Waals surface area contributed by atoms with Gasteiger partial charge in [-0.15, -0.1) is 0 Å². The number of imide groups is 1. The molecule has 1 atom stereocenters. The molecule has 0 aliphatic carbocycles. The molecule has 182 valence electrons. The van der Waals surface area contributed by atoms with E-state index < -0.39 is 11.9 Å². The number of hydrogen-bond donors (Lipinski definition) is 1. The number of rotatable bonds is 11. The lowest BCUT2D eigenvalue weighted by Gasteiger charge is -2.20. The quantitative estimate of drug-likeness (QED) is 0.377. The number of ether oxygens (including phenoxy) is 2. The molecule has 0 saturated carbocycles. The number of benzene rings is 2. The van der Waals surface area contributed by atoms with Gasteiger partial charge >= 0.3 is 5.97 Å². The second-order valence-electron chi connectivity index (χ2n) is 8.00. The second-order valence-corrected chi connectivity index (χ2v) is 8.41. The highest BCUT2D eigenvalue weighted by atomic mass is 35.5. The zero-order chi connectivity index (χ0) is 24.7. The number of likely N-dealkylation sites (tertiary alicyclic amines) is 1. The third-order valence-corrected chi connectivity index (χ3v) is 5.85. The number of nitrogens with one attached hydrogen (secondary N) is 1. The van der Waals surface area contributed by atoms with Crippen LogP contribution < -0.4 is 10.1 Å². The maximum absolute atomic E-state index is 14.0. The lowest BCUT2D eigenvalue weighted by molar-refractivity contribution is -0.144. The molecule has 1 aliphatic rings. The molecule has 1 unspecified atom stereocenters. The number of carbonyl (C=O) groups is 3. The number of halogens is 2. The summed E-state index contributed by atoms with van der Waals surface area (Å²) in [7, 11) is 0. The van der Waals surface area contributed by atoms with Gasteiger partial charge in [0.2, 0.25) is 11.8 Å². The van der Waals surface area contributed by atoms with Crippen molar-refractivity contribution in [3.05, 3.63) is 63.9 Å². The first-order valence-corrected chi connectivity index (χ1v) is 11.6. The van der Waals surface area contributed by atoms with Gasteiger partial charge in [-0.1, -0.05) is 29.8 Å². The molecule has 0 bridgehead atoms. The molecule has 1 N–H and O–H groups in total. The van der Waals surface area contributed by atoms with Gasteiger partial charge in [-0.25, -0.2) is 4.39 Å². The van der Waals surface area contributed by atoms with Crippen molar-refractivity contribution in [1.82, 2.24) is 10.2 Å². The van der Waals surface area contributed by atoms with Gasteiger partial charge in [-0.2, -0.15) is 0 Å². The average Bonchev–Trinajstić information content (AvgIpc) is 3.12. The van der Waals surface area contributed by atoms with Crippen molar-refractivity contribution in [3.63, 3.8) is 0 Å². The van der Waals surface area contributed by atoms with Crippen molar-refractivity contribution in [2.24, 2.45) is 0 Å². The van der Waals surface area contributed by atoms with Crippen molar-refractivity contribution in [1.29, 1.82) is 0 Å². The lowest BCUT2D eigenvalue weighted by atomic mass is 10.0. The number of hydrogen-bond acceptors (Lipinski definition) is 6. The van der Waals surface area contributed by atoms with Crippen molar-refractivity contribution in [3.8, 4) is 5.75 Å². The molecule has 1 saturated heterocycles. The minimum Gasteiger partial charge on any atom is -0.491 e. The van der Waals surface area contributed by atoms with Crippen molar-refractivity contribution in [2.45, 2.75) is 45.7 Å². The van der Waals surface area contributed by atoms with Crippen LogP contribution in [0.15, 0.2) is 36.4 Å². The van der Waals surface area contributed by atoms with Crippen LogP contribution in [0.25, 0.3) is 0 Å². The third-order valence-electron chi connectivity index (χ3n) is 5.54. The zero-order valence-corrected chi connectivity index (χ0v) is 20.0. The molecule has 2 aromatic rings. The molecule has 3 rings (SSSR count). The van der Waals surface area contributed by atoms with Gasteiger partial charge in [0.1, 0.15) is 18.2 Å². The van der Waals surface area contributed by atoms with Crippen LogP contribution in [0.1, 0.15) is 48.9 Å². The summed E-state index contributed by atoms with van der Waals surface area (Å²) in [6.45, 7) is 4.77. The van der Waals surface area contributed by atoms with Crippen LogP contribution in [0, 0.1) is 12.7 Å². The number of esters is 1. The highest BCUT2D eigenvalue weighted by Gasteiger charge is 2.28. The Hall–Kier alpha value is -2.97. The molecule has 9 heteroatoms. The Labute approximate surface area is 203 Å². The summed E-state index contributed by atoms with van der Waals surface area (Å²) in [6, 6.07) is 9.65. The minimum atomic E-state index is -0.551. The van der Waals surface area contributed by atoms with Gasteiger partial charge in [-0.05, 0) is 48.7 Å². The predicted octanol–water partition coefficient (Wildman–Crippen LogP) is 4.10. The van der Waals surface area contributed by atoms with Gasteiger partial charge in [-0.3, -0.25) is 19.3 Å². The van der Waals surface area contributed by atoms with Gasteiger partial charge in [0.15, 0.2) is 0 Å². The van der Waals surface area contributed by atoms with E-state index in [1.807, 2.05) is 25.1 Å². The highest BCUT2D eigenvalue weighted by Crippen LogP contribution is 2.25. The maximum atomic E-state index is 14.0. The van der Waals surface area contributed by atoms with E-state index in [-0.39, 0.29) is 61.8 Å². The molecule has 1 aliphatic heterocycles. The van der Waals surface area contributed by atoms with Crippen LogP contribution >= 0.6 is 11.6 Å². The van der Waals surface area contributed by atoms with Crippen LogP contribution in [-0.2, 0) is 25.7 Å². The monoisotopic (exact) mass is 490 g/mol. The molecule has 7 nitrogen and oxygen atoms in total. The Bertz CT molecular complexity index is 1050. The fraction of sp³-hybridized carbons (Fsp3) is 0.400. The third kappa shape index (κ3) is 6.77. The predicted molar refractivity (Wildman–Crippen MR) is 125 cm³/mol. The molecule has 1 heterocycles. The fourth-order valence-electron chi connectivity index (χ4n) is 3.77. The Balaban J connectivity index is 1.61. The molecule has 2 amide bonds. The van der Waals surface area contributed by atoms with E-state index in [4.69, 9.17) is 21.1 Å². The average molecular weight is 491 g/mol. The molecule has 0 aromatic heterocycles. The van der Waals surface area contributed by atoms with E-state index in [1.54, 1.807) is 13.0 Å². The van der Waals surface area contributed by atoms with Crippen LogP contribution in [0.2, 0.25) is 5.02 Å². The van der Waals surface area contributed by atoms with E-state index in [1.165, 1.54) is 17.0 Å². The molecule has 34 heavy (non-hydrogen) atoms. The normalized spacial score (nSPS) is 14.4. The first-order chi connectivity index (χ1) is 16.3. The van der Waals surface area contributed by atoms with Crippen LogP contribution in [-0.4, -0.2) is 42.4 Å². The van der Waals surface area contributed by atoms with Gasteiger partial charge in [0.25, 0.3) is 0 Å². The standard InChI is InChI=1S/C25H28ClFN2O5/c1-3-33-25(32)14-21(18-5-6-19(26)20(27)13-18)28-15-17-4-7-22(16(2)12-17)34-11-10-29-23(30)8-9-24(29)31/h4-7,12-13,21,28H,3,8-11,14-15H2,1-2H3. The van der Waals surface area contributed by atoms with Gasteiger partial charge in [0.05, 0.1) is 24.6 Å². The zero-order valence-electron chi connectivity index (χ0n) is 19.2. The lowest BCUT2D eigenvalue weighted by Crippen LogP contribution is -2.33. The van der Waals surface area contributed by atoms with Crippen molar-refractivity contribution in [2.75, 3.05) is 19.8 Å². The number of aryl methyl sites for hydroxylation is 1. The Morgan fingerprint density at radius 2 is 1.91 bits per heavy atom. The van der Waals surface area contributed by atoms with Crippen molar-refractivity contribution >= 4 is 29.4 Å². The summed E-state index contributed by atoms with van der Waals surface area (Å²) in [4.78, 5) is 36.7. The topological polar surface area (TPSA) is 84.9 Å². The second kappa shape index (κ2) is 11.9. The summed E-state index contributed by atoms with van der Waals surface area (Å²) in [5.41, 5.74) is 2.42.